The third-order valence-electron chi connectivity index (χ3n) is 2.11. The summed E-state index contributed by atoms with van der Waals surface area (Å²) in [5.74, 6) is 1.24. The Balaban J connectivity index is 2.58. The molecule has 2 aromatic rings. The number of rotatable bonds is 2. The minimum atomic E-state index is 0.331. The van der Waals surface area contributed by atoms with E-state index in [0.717, 1.165) is 5.56 Å². The SMILES string of the molecule is COc1ccccc1-c1nnc(C)nc1Cl. The fourth-order valence-electron chi connectivity index (χ4n) is 1.39. The van der Waals surface area contributed by atoms with Crippen LogP contribution in [0.15, 0.2) is 24.3 Å². The molecule has 2 rings (SSSR count). The van der Waals surface area contributed by atoms with Crippen LogP contribution in [-0.2, 0) is 0 Å². The molecule has 0 atom stereocenters. The predicted molar refractivity (Wildman–Crippen MR) is 61.6 cm³/mol. The number of para-hydroxylation sites is 1. The smallest absolute Gasteiger partial charge is 0.159 e. The lowest BCUT2D eigenvalue weighted by molar-refractivity contribution is 0.416. The molecule has 0 saturated carbocycles. The van der Waals surface area contributed by atoms with E-state index in [1.54, 1.807) is 14.0 Å². The molecule has 0 unspecified atom stereocenters. The van der Waals surface area contributed by atoms with Gasteiger partial charge in [-0.05, 0) is 19.1 Å². The minimum absolute atomic E-state index is 0.331. The zero-order valence-corrected chi connectivity index (χ0v) is 9.69. The highest BCUT2D eigenvalue weighted by molar-refractivity contribution is 6.31. The number of aromatic nitrogens is 3. The van der Waals surface area contributed by atoms with E-state index in [9.17, 15) is 0 Å². The lowest BCUT2D eigenvalue weighted by Crippen LogP contribution is -1.97. The zero-order valence-electron chi connectivity index (χ0n) is 8.94. The molecule has 0 N–H and O–H groups in total. The van der Waals surface area contributed by atoms with E-state index in [1.165, 1.54) is 0 Å². The standard InChI is InChI=1S/C11H10ClN3O/c1-7-13-11(12)10(15-14-7)8-5-3-4-6-9(8)16-2/h3-6H,1-2H3. The number of halogens is 1. The molecule has 0 aliphatic carbocycles. The first-order valence-electron chi connectivity index (χ1n) is 4.72. The predicted octanol–water partition coefficient (Wildman–Crippen LogP) is 2.51. The molecule has 5 heteroatoms. The lowest BCUT2D eigenvalue weighted by Gasteiger charge is -2.07. The van der Waals surface area contributed by atoms with Gasteiger partial charge in [-0.2, -0.15) is 0 Å². The van der Waals surface area contributed by atoms with Gasteiger partial charge in [0.1, 0.15) is 17.3 Å². The highest BCUT2D eigenvalue weighted by Gasteiger charge is 2.12. The number of ether oxygens (including phenoxy) is 1. The maximum atomic E-state index is 6.02. The highest BCUT2D eigenvalue weighted by Crippen LogP contribution is 2.31. The van der Waals surface area contributed by atoms with Crippen LogP contribution in [0.25, 0.3) is 11.3 Å². The normalized spacial score (nSPS) is 10.2. The summed E-state index contributed by atoms with van der Waals surface area (Å²) in [6, 6.07) is 7.47. The van der Waals surface area contributed by atoms with Gasteiger partial charge in [0.25, 0.3) is 0 Å². The van der Waals surface area contributed by atoms with Gasteiger partial charge < -0.3 is 4.74 Å². The van der Waals surface area contributed by atoms with Gasteiger partial charge >= 0.3 is 0 Å². The van der Waals surface area contributed by atoms with Crippen LogP contribution >= 0.6 is 11.6 Å². The van der Waals surface area contributed by atoms with Crippen molar-refractivity contribution in [2.75, 3.05) is 7.11 Å². The maximum Gasteiger partial charge on any atom is 0.159 e. The second kappa shape index (κ2) is 4.45. The van der Waals surface area contributed by atoms with E-state index < -0.39 is 0 Å². The Bertz CT molecular complexity index is 516. The van der Waals surface area contributed by atoms with Crippen LogP contribution in [0, 0.1) is 6.92 Å². The number of hydrogen-bond acceptors (Lipinski definition) is 4. The first-order chi connectivity index (χ1) is 7.72. The van der Waals surface area contributed by atoms with Crippen molar-refractivity contribution in [1.29, 1.82) is 0 Å². The van der Waals surface area contributed by atoms with E-state index in [2.05, 4.69) is 15.2 Å². The molecule has 16 heavy (non-hydrogen) atoms. The van der Waals surface area contributed by atoms with Crippen LogP contribution in [0.5, 0.6) is 5.75 Å². The molecular weight excluding hydrogens is 226 g/mol. The van der Waals surface area contributed by atoms with Gasteiger partial charge in [-0.3, -0.25) is 0 Å². The fourth-order valence-corrected chi connectivity index (χ4v) is 1.65. The van der Waals surface area contributed by atoms with Crippen LogP contribution < -0.4 is 4.74 Å². The molecule has 0 saturated heterocycles. The summed E-state index contributed by atoms with van der Waals surface area (Å²) >= 11 is 6.02. The van der Waals surface area contributed by atoms with Gasteiger partial charge in [0.05, 0.1) is 7.11 Å². The molecular formula is C11H10ClN3O. The number of nitrogens with zero attached hydrogens (tertiary/aromatic N) is 3. The maximum absolute atomic E-state index is 6.02. The Morgan fingerprint density at radius 2 is 1.94 bits per heavy atom. The van der Waals surface area contributed by atoms with Gasteiger partial charge in [0.2, 0.25) is 0 Å². The van der Waals surface area contributed by atoms with Gasteiger partial charge in [-0.15, -0.1) is 10.2 Å². The zero-order chi connectivity index (χ0) is 11.5. The molecule has 0 radical (unpaired) electrons. The van der Waals surface area contributed by atoms with Gasteiger partial charge in [-0.1, -0.05) is 23.7 Å². The molecule has 1 aromatic carbocycles. The topological polar surface area (TPSA) is 47.9 Å². The van der Waals surface area contributed by atoms with Crippen LogP contribution in [-0.4, -0.2) is 22.3 Å². The molecule has 4 nitrogen and oxygen atoms in total. The number of benzene rings is 1. The van der Waals surface area contributed by atoms with E-state index >= 15 is 0 Å². The van der Waals surface area contributed by atoms with E-state index in [0.29, 0.717) is 22.4 Å². The number of hydrogen-bond donors (Lipinski definition) is 0. The summed E-state index contributed by atoms with van der Waals surface area (Å²) in [6.45, 7) is 1.74. The van der Waals surface area contributed by atoms with E-state index in [1.807, 2.05) is 24.3 Å². The Morgan fingerprint density at radius 1 is 1.19 bits per heavy atom. The molecule has 0 bridgehead atoms. The summed E-state index contributed by atoms with van der Waals surface area (Å²) in [7, 11) is 1.60. The Kier molecular flexibility index (Phi) is 3.01. The molecule has 0 aliphatic heterocycles. The van der Waals surface area contributed by atoms with Gasteiger partial charge in [0.15, 0.2) is 5.15 Å². The minimum Gasteiger partial charge on any atom is -0.496 e. The first-order valence-corrected chi connectivity index (χ1v) is 5.10. The highest BCUT2D eigenvalue weighted by atomic mass is 35.5. The Labute approximate surface area is 98.3 Å². The summed E-state index contributed by atoms with van der Waals surface area (Å²) in [5, 5.41) is 8.25. The number of methoxy groups -OCH3 is 1. The van der Waals surface area contributed by atoms with Crippen molar-refractivity contribution < 1.29 is 4.74 Å². The lowest BCUT2D eigenvalue weighted by atomic mass is 10.1. The van der Waals surface area contributed by atoms with Gasteiger partial charge in [-0.25, -0.2) is 4.98 Å². The van der Waals surface area contributed by atoms with Crippen LogP contribution in [0.3, 0.4) is 0 Å². The first kappa shape index (κ1) is 10.8. The summed E-state index contributed by atoms with van der Waals surface area (Å²) in [4.78, 5) is 4.06. The second-order valence-electron chi connectivity index (χ2n) is 3.20. The molecule has 0 spiro atoms. The fraction of sp³-hybridized carbons (Fsp3) is 0.182. The second-order valence-corrected chi connectivity index (χ2v) is 3.56. The third-order valence-corrected chi connectivity index (χ3v) is 2.38. The molecule has 1 aromatic heterocycles. The van der Waals surface area contributed by atoms with Crippen molar-refractivity contribution in [2.24, 2.45) is 0 Å². The van der Waals surface area contributed by atoms with Crippen molar-refractivity contribution >= 4 is 11.6 Å². The van der Waals surface area contributed by atoms with Crippen molar-refractivity contribution in [3.63, 3.8) is 0 Å². The summed E-state index contributed by atoms with van der Waals surface area (Å²) in [5.41, 5.74) is 1.32. The van der Waals surface area contributed by atoms with Gasteiger partial charge in [0, 0.05) is 5.56 Å². The van der Waals surface area contributed by atoms with Crippen molar-refractivity contribution in [3.05, 3.63) is 35.2 Å². The quantitative estimate of drug-likeness (QED) is 0.803. The summed E-state index contributed by atoms with van der Waals surface area (Å²) < 4.78 is 5.23. The van der Waals surface area contributed by atoms with Crippen molar-refractivity contribution in [2.45, 2.75) is 6.92 Å². The summed E-state index contributed by atoms with van der Waals surface area (Å²) in [6.07, 6.45) is 0. The Morgan fingerprint density at radius 3 is 2.62 bits per heavy atom. The average Bonchev–Trinajstić information content (AvgIpc) is 2.29. The van der Waals surface area contributed by atoms with Crippen LogP contribution in [0.4, 0.5) is 0 Å². The largest absolute Gasteiger partial charge is 0.496 e. The average molecular weight is 236 g/mol. The van der Waals surface area contributed by atoms with Crippen molar-refractivity contribution in [3.8, 4) is 17.0 Å². The molecule has 0 aliphatic rings. The molecule has 1 heterocycles. The van der Waals surface area contributed by atoms with E-state index in [4.69, 9.17) is 16.3 Å². The molecule has 0 fully saturated rings. The molecule has 82 valence electrons. The van der Waals surface area contributed by atoms with Crippen molar-refractivity contribution in [1.82, 2.24) is 15.2 Å². The third kappa shape index (κ3) is 1.97. The number of aryl methyl sites for hydroxylation is 1. The Hall–Kier alpha value is -1.68. The molecule has 0 amide bonds. The van der Waals surface area contributed by atoms with E-state index in [-0.39, 0.29) is 0 Å². The monoisotopic (exact) mass is 235 g/mol. The van der Waals surface area contributed by atoms with Crippen LogP contribution in [0.2, 0.25) is 5.15 Å². The van der Waals surface area contributed by atoms with Crippen LogP contribution in [0.1, 0.15) is 5.82 Å².